The van der Waals surface area contributed by atoms with E-state index in [1.54, 1.807) is 13.2 Å². The van der Waals surface area contributed by atoms with E-state index in [0.717, 1.165) is 6.20 Å². The van der Waals surface area contributed by atoms with Crippen molar-refractivity contribution in [3.05, 3.63) is 29.8 Å². The summed E-state index contributed by atoms with van der Waals surface area (Å²) in [4.78, 5) is 3.84. The molecule has 0 radical (unpaired) electrons. The Labute approximate surface area is 70.4 Å². The van der Waals surface area contributed by atoms with E-state index in [9.17, 15) is 4.39 Å². The predicted molar refractivity (Wildman–Crippen MR) is 43.0 cm³/mol. The van der Waals surface area contributed by atoms with Crippen LogP contribution in [-0.4, -0.2) is 18.6 Å². The first-order valence-corrected chi connectivity index (χ1v) is 3.62. The third kappa shape index (κ3) is 1.99. The minimum atomic E-state index is -0.356. The summed E-state index contributed by atoms with van der Waals surface area (Å²) in [6, 6.07) is 2.90. The lowest BCUT2D eigenvalue weighted by molar-refractivity contribution is 0.107. The average molecular weight is 170 g/mol. The minimum Gasteiger partial charge on any atom is -0.374 e. The van der Waals surface area contributed by atoms with Crippen LogP contribution in [0.2, 0.25) is 0 Å². The lowest BCUT2D eigenvalue weighted by Gasteiger charge is -2.11. The van der Waals surface area contributed by atoms with Crippen molar-refractivity contribution in [1.82, 2.24) is 4.98 Å². The van der Waals surface area contributed by atoms with Crippen LogP contribution in [0.3, 0.4) is 0 Å². The van der Waals surface area contributed by atoms with Crippen LogP contribution >= 0.6 is 0 Å². The maximum atomic E-state index is 12.4. The molecule has 0 saturated carbocycles. The molecular weight excluding hydrogens is 159 g/mol. The number of pyridine rings is 1. The first kappa shape index (κ1) is 9.09. The monoisotopic (exact) mass is 170 g/mol. The maximum Gasteiger partial charge on any atom is 0.141 e. The molecule has 1 unspecified atom stereocenters. The Morgan fingerprint density at radius 3 is 2.83 bits per heavy atom. The molecule has 3 nitrogen and oxygen atoms in total. The van der Waals surface area contributed by atoms with Gasteiger partial charge in [0.2, 0.25) is 0 Å². The summed E-state index contributed by atoms with van der Waals surface area (Å²) < 4.78 is 17.4. The Balaban J connectivity index is 2.80. The number of nitrogens with two attached hydrogens (primary N) is 1. The predicted octanol–water partition coefficient (Wildman–Crippen LogP) is 0.867. The summed E-state index contributed by atoms with van der Waals surface area (Å²) >= 11 is 0. The quantitative estimate of drug-likeness (QED) is 0.732. The number of ether oxygens (including phenoxy) is 1. The van der Waals surface area contributed by atoms with Gasteiger partial charge in [-0.05, 0) is 12.1 Å². The van der Waals surface area contributed by atoms with E-state index in [2.05, 4.69) is 4.98 Å². The fourth-order valence-corrected chi connectivity index (χ4v) is 0.915. The summed E-state index contributed by atoms with van der Waals surface area (Å²) in [6.45, 7) is 0.342. The van der Waals surface area contributed by atoms with Crippen LogP contribution in [-0.2, 0) is 4.74 Å². The summed E-state index contributed by atoms with van der Waals surface area (Å²) in [5.41, 5.74) is 6.05. The zero-order valence-electron chi connectivity index (χ0n) is 6.83. The molecule has 0 saturated heterocycles. The second-order valence-corrected chi connectivity index (χ2v) is 2.36. The van der Waals surface area contributed by atoms with E-state index in [1.165, 1.54) is 6.07 Å². The SMILES string of the molecule is COC(CN)c1ccc(F)cn1. The lowest BCUT2D eigenvalue weighted by Crippen LogP contribution is -2.15. The first-order chi connectivity index (χ1) is 5.77. The van der Waals surface area contributed by atoms with E-state index < -0.39 is 0 Å². The first-order valence-electron chi connectivity index (χ1n) is 3.62. The fourth-order valence-electron chi connectivity index (χ4n) is 0.915. The van der Waals surface area contributed by atoms with E-state index >= 15 is 0 Å². The molecule has 0 aromatic carbocycles. The highest BCUT2D eigenvalue weighted by Crippen LogP contribution is 2.11. The van der Waals surface area contributed by atoms with Crippen LogP contribution in [0.25, 0.3) is 0 Å². The maximum absolute atomic E-state index is 12.4. The van der Waals surface area contributed by atoms with Crippen LogP contribution in [0, 0.1) is 5.82 Å². The van der Waals surface area contributed by atoms with E-state index in [1.807, 2.05) is 0 Å². The highest BCUT2D eigenvalue weighted by atomic mass is 19.1. The third-order valence-electron chi connectivity index (χ3n) is 1.58. The molecule has 1 atom stereocenters. The van der Waals surface area contributed by atoms with Gasteiger partial charge < -0.3 is 10.5 Å². The van der Waals surface area contributed by atoms with Gasteiger partial charge in [-0.25, -0.2) is 4.39 Å². The van der Waals surface area contributed by atoms with Crippen molar-refractivity contribution in [3.8, 4) is 0 Å². The van der Waals surface area contributed by atoms with Gasteiger partial charge in [0.15, 0.2) is 0 Å². The van der Waals surface area contributed by atoms with Crippen LogP contribution in [0.4, 0.5) is 4.39 Å². The highest BCUT2D eigenvalue weighted by molar-refractivity contribution is 5.08. The highest BCUT2D eigenvalue weighted by Gasteiger charge is 2.08. The molecule has 0 amide bonds. The number of aromatic nitrogens is 1. The van der Waals surface area contributed by atoms with E-state index in [-0.39, 0.29) is 11.9 Å². The van der Waals surface area contributed by atoms with Crippen LogP contribution < -0.4 is 5.73 Å². The summed E-state index contributed by atoms with van der Waals surface area (Å²) in [7, 11) is 1.54. The molecular formula is C8H11FN2O. The van der Waals surface area contributed by atoms with E-state index in [4.69, 9.17) is 10.5 Å². The van der Waals surface area contributed by atoms with Crippen molar-refractivity contribution in [2.75, 3.05) is 13.7 Å². The molecule has 66 valence electrons. The van der Waals surface area contributed by atoms with Crippen LogP contribution in [0.15, 0.2) is 18.3 Å². The molecule has 1 rings (SSSR count). The number of nitrogens with zero attached hydrogens (tertiary/aromatic N) is 1. The number of rotatable bonds is 3. The number of hydrogen-bond donors (Lipinski definition) is 1. The molecule has 0 fully saturated rings. The van der Waals surface area contributed by atoms with Crippen molar-refractivity contribution in [1.29, 1.82) is 0 Å². The summed E-state index contributed by atoms with van der Waals surface area (Å²) in [5.74, 6) is -0.356. The third-order valence-corrected chi connectivity index (χ3v) is 1.58. The van der Waals surface area contributed by atoms with Crippen molar-refractivity contribution >= 4 is 0 Å². The van der Waals surface area contributed by atoms with Gasteiger partial charge in [-0.15, -0.1) is 0 Å². The summed E-state index contributed by atoms with van der Waals surface area (Å²) in [5, 5.41) is 0. The molecule has 1 heterocycles. The van der Waals surface area contributed by atoms with Crippen molar-refractivity contribution < 1.29 is 9.13 Å². The second kappa shape index (κ2) is 4.13. The second-order valence-electron chi connectivity index (χ2n) is 2.36. The normalized spacial score (nSPS) is 12.9. The Morgan fingerprint density at radius 2 is 2.42 bits per heavy atom. The van der Waals surface area contributed by atoms with Gasteiger partial charge in [0, 0.05) is 13.7 Å². The average Bonchev–Trinajstić information content (AvgIpc) is 2.10. The largest absolute Gasteiger partial charge is 0.374 e. The molecule has 0 bridgehead atoms. The van der Waals surface area contributed by atoms with Crippen molar-refractivity contribution in [2.45, 2.75) is 6.10 Å². The molecule has 12 heavy (non-hydrogen) atoms. The Bertz CT molecular complexity index is 233. The minimum absolute atomic E-state index is 0.245. The van der Waals surface area contributed by atoms with Gasteiger partial charge in [0.05, 0.1) is 11.9 Å². The number of halogens is 1. The molecule has 0 spiro atoms. The van der Waals surface area contributed by atoms with Gasteiger partial charge in [-0.3, -0.25) is 4.98 Å². The number of hydrogen-bond acceptors (Lipinski definition) is 3. The molecule has 1 aromatic heterocycles. The lowest BCUT2D eigenvalue weighted by atomic mass is 10.2. The zero-order valence-corrected chi connectivity index (χ0v) is 6.83. The van der Waals surface area contributed by atoms with Crippen LogP contribution in [0.1, 0.15) is 11.8 Å². The van der Waals surface area contributed by atoms with E-state index in [0.29, 0.717) is 12.2 Å². The van der Waals surface area contributed by atoms with Gasteiger partial charge in [-0.2, -0.15) is 0 Å². The molecule has 0 aliphatic rings. The smallest absolute Gasteiger partial charge is 0.141 e. The Hall–Kier alpha value is -1.00. The van der Waals surface area contributed by atoms with Crippen molar-refractivity contribution in [2.24, 2.45) is 5.73 Å². The van der Waals surface area contributed by atoms with Crippen molar-refractivity contribution in [3.63, 3.8) is 0 Å². The van der Waals surface area contributed by atoms with Gasteiger partial charge in [0.25, 0.3) is 0 Å². The molecule has 2 N–H and O–H groups in total. The van der Waals surface area contributed by atoms with Crippen LogP contribution in [0.5, 0.6) is 0 Å². The van der Waals surface area contributed by atoms with Gasteiger partial charge in [-0.1, -0.05) is 0 Å². The Morgan fingerprint density at radius 1 is 1.67 bits per heavy atom. The standard InChI is InChI=1S/C8H11FN2O/c1-12-8(4-10)7-3-2-6(9)5-11-7/h2-3,5,8H,4,10H2,1H3. The molecule has 1 aromatic rings. The van der Waals surface area contributed by atoms with Gasteiger partial charge >= 0.3 is 0 Å². The molecule has 4 heteroatoms. The molecule has 0 aliphatic heterocycles. The topological polar surface area (TPSA) is 48.1 Å². The Kier molecular flexibility index (Phi) is 3.13. The summed E-state index contributed by atoms with van der Waals surface area (Å²) in [6.07, 6.45) is 0.905. The number of methoxy groups -OCH3 is 1. The van der Waals surface area contributed by atoms with Gasteiger partial charge in [0.1, 0.15) is 11.9 Å². The fraction of sp³-hybridized carbons (Fsp3) is 0.375. The zero-order chi connectivity index (χ0) is 8.97. The molecule has 0 aliphatic carbocycles.